The van der Waals surface area contributed by atoms with Gasteiger partial charge in [0.15, 0.2) is 0 Å². The van der Waals surface area contributed by atoms with Gasteiger partial charge in [-0.15, -0.1) is 0 Å². The standard InChI is InChI=1S/C15H19NO3/c1-11-5-4-6-12(9-11)16-13(17)10-15(14(18)19)7-2-3-8-15/h4-6,9H,2-3,7-8,10H2,1H3,(H,16,17)(H,18,19). The first kappa shape index (κ1) is 13.6. The molecule has 1 aromatic carbocycles. The van der Waals surface area contributed by atoms with Crippen molar-refractivity contribution in [3.8, 4) is 0 Å². The van der Waals surface area contributed by atoms with E-state index in [2.05, 4.69) is 5.32 Å². The minimum absolute atomic E-state index is 0.0657. The zero-order valence-electron chi connectivity index (χ0n) is 11.1. The van der Waals surface area contributed by atoms with Crippen LogP contribution in [0.2, 0.25) is 0 Å². The summed E-state index contributed by atoms with van der Waals surface area (Å²) in [5.74, 6) is -1.06. The lowest BCUT2D eigenvalue weighted by Gasteiger charge is -2.22. The average Bonchev–Trinajstić information content (AvgIpc) is 2.78. The number of aryl methyl sites for hydroxylation is 1. The van der Waals surface area contributed by atoms with Gasteiger partial charge in [0.2, 0.25) is 5.91 Å². The summed E-state index contributed by atoms with van der Waals surface area (Å²) in [6, 6.07) is 7.51. The Morgan fingerprint density at radius 3 is 2.58 bits per heavy atom. The van der Waals surface area contributed by atoms with E-state index in [0.29, 0.717) is 12.8 Å². The number of carboxylic acids is 1. The van der Waals surface area contributed by atoms with Crippen molar-refractivity contribution in [2.45, 2.75) is 39.0 Å². The van der Waals surface area contributed by atoms with Gasteiger partial charge < -0.3 is 10.4 Å². The van der Waals surface area contributed by atoms with Crippen LogP contribution >= 0.6 is 0 Å². The summed E-state index contributed by atoms with van der Waals surface area (Å²) in [7, 11) is 0. The Morgan fingerprint density at radius 2 is 2.00 bits per heavy atom. The third-order valence-corrected chi connectivity index (χ3v) is 3.82. The lowest BCUT2D eigenvalue weighted by molar-refractivity contribution is -0.150. The monoisotopic (exact) mass is 261 g/mol. The summed E-state index contributed by atoms with van der Waals surface area (Å²) < 4.78 is 0. The predicted octanol–water partition coefficient (Wildman–Crippen LogP) is 2.97. The fourth-order valence-corrected chi connectivity index (χ4v) is 2.75. The van der Waals surface area contributed by atoms with Crippen LogP contribution in [0.25, 0.3) is 0 Å². The Bertz CT molecular complexity index is 490. The number of nitrogens with one attached hydrogen (secondary N) is 1. The van der Waals surface area contributed by atoms with Gasteiger partial charge in [-0.1, -0.05) is 25.0 Å². The highest BCUT2D eigenvalue weighted by molar-refractivity contribution is 5.94. The Labute approximate surface area is 112 Å². The molecule has 0 spiro atoms. The van der Waals surface area contributed by atoms with Crippen molar-refractivity contribution in [3.63, 3.8) is 0 Å². The summed E-state index contributed by atoms with van der Waals surface area (Å²) >= 11 is 0. The molecule has 0 atom stereocenters. The lowest BCUT2D eigenvalue weighted by atomic mass is 9.82. The fraction of sp³-hybridized carbons (Fsp3) is 0.467. The number of rotatable bonds is 4. The Balaban J connectivity index is 2.02. The lowest BCUT2D eigenvalue weighted by Crippen LogP contribution is -2.32. The van der Waals surface area contributed by atoms with Crippen LogP contribution in [0.4, 0.5) is 5.69 Å². The molecule has 0 unspecified atom stereocenters. The first-order valence-corrected chi connectivity index (χ1v) is 6.62. The number of aliphatic carboxylic acids is 1. The second-order valence-corrected chi connectivity index (χ2v) is 5.39. The SMILES string of the molecule is Cc1cccc(NC(=O)CC2(C(=O)O)CCCC2)c1. The molecule has 0 heterocycles. The summed E-state index contributed by atoms with van der Waals surface area (Å²) in [6.45, 7) is 1.95. The van der Waals surface area contributed by atoms with Crippen LogP contribution in [-0.4, -0.2) is 17.0 Å². The average molecular weight is 261 g/mol. The van der Waals surface area contributed by atoms with E-state index in [1.54, 1.807) is 0 Å². The molecule has 1 saturated carbocycles. The Morgan fingerprint density at radius 1 is 1.32 bits per heavy atom. The number of benzene rings is 1. The van der Waals surface area contributed by atoms with Crippen LogP contribution < -0.4 is 5.32 Å². The highest BCUT2D eigenvalue weighted by Gasteiger charge is 2.42. The van der Waals surface area contributed by atoms with E-state index in [4.69, 9.17) is 0 Å². The summed E-state index contributed by atoms with van der Waals surface area (Å²) in [6.07, 6.45) is 3.05. The summed E-state index contributed by atoms with van der Waals surface area (Å²) in [5, 5.41) is 12.1. The molecular formula is C15H19NO3. The number of amides is 1. The van der Waals surface area contributed by atoms with Gasteiger partial charge in [0, 0.05) is 12.1 Å². The predicted molar refractivity (Wildman–Crippen MR) is 73.0 cm³/mol. The molecule has 4 nitrogen and oxygen atoms in total. The van der Waals surface area contributed by atoms with Crippen molar-refractivity contribution in [2.75, 3.05) is 5.32 Å². The molecule has 1 aliphatic carbocycles. The molecule has 1 amide bonds. The van der Waals surface area contributed by atoms with Gasteiger partial charge in [-0.25, -0.2) is 0 Å². The first-order chi connectivity index (χ1) is 9.02. The van der Waals surface area contributed by atoms with Crippen molar-refractivity contribution < 1.29 is 14.7 Å². The molecule has 0 saturated heterocycles. The van der Waals surface area contributed by atoms with Crippen LogP contribution in [0.5, 0.6) is 0 Å². The zero-order chi connectivity index (χ0) is 13.9. The van der Waals surface area contributed by atoms with Crippen LogP contribution in [0.3, 0.4) is 0 Å². The Hall–Kier alpha value is -1.84. The molecule has 0 bridgehead atoms. The molecule has 102 valence electrons. The highest BCUT2D eigenvalue weighted by Crippen LogP contribution is 2.41. The summed E-state index contributed by atoms with van der Waals surface area (Å²) in [4.78, 5) is 23.4. The van der Waals surface area contributed by atoms with Crippen LogP contribution in [0.15, 0.2) is 24.3 Å². The van der Waals surface area contributed by atoms with E-state index in [1.807, 2.05) is 31.2 Å². The molecular weight excluding hydrogens is 242 g/mol. The normalized spacial score (nSPS) is 17.1. The van der Waals surface area contributed by atoms with Crippen molar-refractivity contribution in [2.24, 2.45) is 5.41 Å². The van der Waals surface area contributed by atoms with Gasteiger partial charge in [-0.05, 0) is 37.5 Å². The van der Waals surface area contributed by atoms with Crippen LogP contribution in [0, 0.1) is 12.3 Å². The van der Waals surface area contributed by atoms with E-state index in [1.165, 1.54) is 0 Å². The third kappa shape index (κ3) is 3.13. The molecule has 0 aliphatic heterocycles. The van der Waals surface area contributed by atoms with Crippen LogP contribution in [0.1, 0.15) is 37.7 Å². The van der Waals surface area contributed by atoms with E-state index in [-0.39, 0.29) is 12.3 Å². The van der Waals surface area contributed by atoms with Gasteiger partial charge in [0.05, 0.1) is 5.41 Å². The molecule has 1 fully saturated rings. The van der Waals surface area contributed by atoms with E-state index >= 15 is 0 Å². The zero-order valence-corrected chi connectivity index (χ0v) is 11.1. The maximum atomic E-state index is 12.0. The van der Waals surface area contributed by atoms with Crippen molar-refractivity contribution in [1.29, 1.82) is 0 Å². The number of anilines is 1. The molecule has 4 heteroatoms. The second-order valence-electron chi connectivity index (χ2n) is 5.39. The fourth-order valence-electron chi connectivity index (χ4n) is 2.75. The molecule has 0 radical (unpaired) electrons. The smallest absolute Gasteiger partial charge is 0.310 e. The number of hydrogen-bond acceptors (Lipinski definition) is 2. The van der Waals surface area contributed by atoms with E-state index < -0.39 is 11.4 Å². The van der Waals surface area contributed by atoms with Crippen molar-refractivity contribution in [3.05, 3.63) is 29.8 Å². The molecule has 1 aliphatic rings. The third-order valence-electron chi connectivity index (χ3n) is 3.82. The minimum atomic E-state index is -0.853. The van der Waals surface area contributed by atoms with Crippen molar-refractivity contribution in [1.82, 2.24) is 0 Å². The van der Waals surface area contributed by atoms with Crippen molar-refractivity contribution >= 4 is 17.6 Å². The van der Waals surface area contributed by atoms with Gasteiger partial charge in [0.25, 0.3) is 0 Å². The molecule has 1 aromatic rings. The van der Waals surface area contributed by atoms with E-state index in [0.717, 1.165) is 24.1 Å². The number of carbonyl (C=O) groups excluding carboxylic acids is 1. The van der Waals surface area contributed by atoms with Crippen LogP contribution in [-0.2, 0) is 9.59 Å². The minimum Gasteiger partial charge on any atom is -0.481 e. The summed E-state index contributed by atoms with van der Waals surface area (Å²) in [5.41, 5.74) is 0.934. The molecule has 2 N–H and O–H groups in total. The first-order valence-electron chi connectivity index (χ1n) is 6.62. The topological polar surface area (TPSA) is 66.4 Å². The molecule has 19 heavy (non-hydrogen) atoms. The number of carbonyl (C=O) groups is 2. The number of hydrogen-bond donors (Lipinski definition) is 2. The quantitative estimate of drug-likeness (QED) is 0.875. The van der Waals surface area contributed by atoms with Gasteiger partial charge in [-0.3, -0.25) is 9.59 Å². The van der Waals surface area contributed by atoms with Gasteiger partial charge >= 0.3 is 5.97 Å². The van der Waals surface area contributed by atoms with E-state index in [9.17, 15) is 14.7 Å². The maximum Gasteiger partial charge on any atom is 0.310 e. The molecule has 0 aromatic heterocycles. The maximum absolute atomic E-state index is 12.0. The largest absolute Gasteiger partial charge is 0.481 e. The highest BCUT2D eigenvalue weighted by atomic mass is 16.4. The number of carboxylic acid groups (broad SMARTS) is 1. The molecule has 2 rings (SSSR count). The van der Waals surface area contributed by atoms with Gasteiger partial charge in [-0.2, -0.15) is 0 Å². The van der Waals surface area contributed by atoms with Gasteiger partial charge in [0.1, 0.15) is 0 Å². The second kappa shape index (κ2) is 5.43. The Kier molecular flexibility index (Phi) is 3.88.